The normalized spacial score (nSPS) is 10.8. The number of nitrogens with zero attached hydrogens (tertiary/aromatic N) is 1. The van der Waals surface area contributed by atoms with Gasteiger partial charge in [0.25, 0.3) is 0 Å². The van der Waals surface area contributed by atoms with Crippen LogP contribution in [-0.2, 0) is 6.42 Å². The van der Waals surface area contributed by atoms with Crippen molar-refractivity contribution in [2.45, 2.75) is 13.3 Å². The molecule has 0 fully saturated rings. The summed E-state index contributed by atoms with van der Waals surface area (Å²) in [4.78, 5) is 15.3. The summed E-state index contributed by atoms with van der Waals surface area (Å²) in [6.45, 7) is 1.90. The summed E-state index contributed by atoms with van der Waals surface area (Å²) in [7, 11) is 0. The number of carboxylic acids is 1. The van der Waals surface area contributed by atoms with Crippen molar-refractivity contribution in [3.8, 4) is 0 Å². The number of halogens is 1. The molecule has 3 rings (SSSR count). The van der Waals surface area contributed by atoms with Crippen LogP contribution in [0.25, 0.3) is 10.9 Å². The van der Waals surface area contributed by atoms with Gasteiger partial charge in [0.1, 0.15) is 5.82 Å². The fourth-order valence-corrected chi connectivity index (χ4v) is 2.55. The Labute approximate surface area is 127 Å². The van der Waals surface area contributed by atoms with Gasteiger partial charge in [0.05, 0.1) is 11.1 Å². The maximum absolute atomic E-state index is 13.5. The zero-order valence-corrected chi connectivity index (χ0v) is 12.0. The molecule has 0 saturated carbocycles. The molecule has 0 aliphatic heterocycles. The van der Waals surface area contributed by atoms with Crippen LogP contribution in [0.1, 0.15) is 27.2 Å². The summed E-state index contributed by atoms with van der Waals surface area (Å²) in [6, 6.07) is 13.2. The number of aromatic nitrogens is 1. The molecule has 0 amide bonds. The first kappa shape index (κ1) is 14.2. The second-order valence-corrected chi connectivity index (χ2v) is 5.26. The zero-order chi connectivity index (χ0) is 15.7. The minimum absolute atomic E-state index is 0.255. The summed E-state index contributed by atoms with van der Waals surface area (Å²) in [5.41, 5.74) is 3.84. The zero-order valence-electron chi connectivity index (χ0n) is 12.0. The van der Waals surface area contributed by atoms with Gasteiger partial charge in [-0.1, -0.05) is 12.1 Å². The molecule has 0 atom stereocenters. The lowest BCUT2D eigenvalue weighted by Crippen LogP contribution is -1.98. The lowest BCUT2D eigenvalue weighted by molar-refractivity contribution is 0.0697. The van der Waals surface area contributed by atoms with Crippen LogP contribution in [0.15, 0.2) is 48.5 Å². The molecular formula is C18H14FNO2. The molecule has 110 valence electrons. The van der Waals surface area contributed by atoms with Crippen molar-refractivity contribution >= 4 is 16.9 Å². The van der Waals surface area contributed by atoms with Crippen LogP contribution in [0.4, 0.5) is 4.39 Å². The summed E-state index contributed by atoms with van der Waals surface area (Å²) < 4.78 is 13.5. The quantitative estimate of drug-likeness (QED) is 0.795. The summed E-state index contributed by atoms with van der Waals surface area (Å²) in [5, 5.41) is 9.71. The van der Waals surface area contributed by atoms with E-state index in [2.05, 4.69) is 4.98 Å². The second kappa shape index (κ2) is 5.56. The van der Waals surface area contributed by atoms with E-state index < -0.39 is 5.97 Å². The van der Waals surface area contributed by atoms with Crippen molar-refractivity contribution in [1.82, 2.24) is 4.98 Å². The van der Waals surface area contributed by atoms with Crippen molar-refractivity contribution in [2.75, 3.05) is 0 Å². The van der Waals surface area contributed by atoms with Gasteiger partial charge in [0, 0.05) is 11.1 Å². The molecule has 0 spiro atoms. The lowest BCUT2D eigenvalue weighted by Gasteiger charge is -2.09. The Morgan fingerprint density at radius 2 is 1.86 bits per heavy atom. The van der Waals surface area contributed by atoms with E-state index in [9.17, 15) is 9.18 Å². The number of pyridine rings is 1. The number of fused-ring (bicyclic) bond motifs is 1. The molecule has 0 bridgehead atoms. The molecule has 2 aromatic carbocycles. The van der Waals surface area contributed by atoms with Crippen LogP contribution < -0.4 is 0 Å². The van der Waals surface area contributed by atoms with Gasteiger partial charge >= 0.3 is 5.97 Å². The molecule has 0 saturated heterocycles. The van der Waals surface area contributed by atoms with Crippen LogP contribution in [0, 0.1) is 12.7 Å². The molecule has 22 heavy (non-hydrogen) atoms. The average molecular weight is 295 g/mol. The number of carbonyl (C=O) groups is 1. The van der Waals surface area contributed by atoms with Crippen LogP contribution in [-0.4, -0.2) is 16.1 Å². The van der Waals surface area contributed by atoms with Gasteiger partial charge in [0.2, 0.25) is 0 Å². The van der Waals surface area contributed by atoms with E-state index in [-0.39, 0.29) is 11.4 Å². The predicted octanol–water partition coefficient (Wildman–Crippen LogP) is 3.97. The molecule has 4 heteroatoms. The van der Waals surface area contributed by atoms with Crippen molar-refractivity contribution in [3.05, 3.63) is 76.7 Å². The second-order valence-electron chi connectivity index (χ2n) is 5.26. The number of benzene rings is 2. The molecule has 1 aromatic heterocycles. The van der Waals surface area contributed by atoms with Gasteiger partial charge < -0.3 is 5.11 Å². The first-order chi connectivity index (χ1) is 10.5. The Bertz CT molecular complexity index is 857. The van der Waals surface area contributed by atoms with Gasteiger partial charge in [-0.05, 0) is 60.9 Å². The average Bonchev–Trinajstić information content (AvgIpc) is 2.48. The van der Waals surface area contributed by atoms with Gasteiger partial charge in [-0.2, -0.15) is 0 Å². The molecule has 0 radical (unpaired) electrons. The van der Waals surface area contributed by atoms with Gasteiger partial charge in [-0.15, -0.1) is 0 Å². The predicted molar refractivity (Wildman–Crippen MR) is 82.6 cm³/mol. The maximum Gasteiger partial charge on any atom is 0.335 e. The van der Waals surface area contributed by atoms with E-state index in [0.29, 0.717) is 6.42 Å². The Kier molecular flexibility index (Phi) is 3.59. The first-order valence-corrected chi connectivity index (χ1v) is 6.91. The van der Waals surface area contributed by atoms with Crippen LogP contribution in [0.2, 0.25) is 0 Å². The summed E-state index contributed by atoms with van der Waals surface area (Å²) in [5.74, 6) is -1.24. The highest BCUT2D eigenvalue weighted by Crippen LogP contribution is 2.22. The van der Waals surface area contributed by atoms with Crippen molar-refractivity contribution in [2.24, 2.45) is 0 Å². The lowest BCUT2D eigenvalue weighted by atomic mass is 9.99. The number of rotatable bonds is 3. The third kappa shape index (κ3) is 2.81. The van der Waals surface area contributed by atoms with Gasteiger partial charge in [0.15, 0.2) is 0 Å². The fourth-order valence-electron chi connectivity index (χ4n) is 2.55. The van der Waals surface area contributed by atoms with E-state index in [1.165, 1.54) is 12.1 Å². The van der Waals surface area contributed by atoms with Gasteiger partial charge in [-0.3, -0.25) is 4.98 Å². The number of hydrogen-bond donors (Lipinski definition) is 1. The standard InChI is InChI=1S/C18H14FNO2/c1-11-8-14(16-10-15(19)6-7-17(16)20-11)9-12-2-4-13(5-3-12)18(21)22/h2-8,10H,9H2,1H3,(H,21,22). The Hall–Kier alpha value is -2.75. The van der Waals surface area contributed by atoms with Crippen molar-refractivity contribution < 1.29 is 14.3 Å². The van der Waals surface area contributed by atoms with Crippen LogP contribution in [0.5, 0.6) is 0 Å². The van der Waals surface area contributed by atoms with E-state index in [1.54, 1.807) is 30.3 Å². The first-order valence-electron chi connectivity index (χ1n) is 6.91. The van der Waals surface area contributed by atoms with E-state index in [0.717, 1.165) is 27.7 Å². The Morgan fingerprint density at radius 3 is 2.55 bits per heavy atom. The number of aryl methyl sites for hydroxylation is 1. The fraction of sp³-hybridized carbons (Fsp3) is 0.111. The third-order valence-corrected chi connectivity index (χ3v) is 3.58. The van der Waals surface area contributed by atoms with Crippen molar-refractivity contribution in [1.29, 1.82) is 0 Å². The number of carboxylic acid groups (broad SMARTS) is 1. The molecule has 0 aliphatic rings. The van der Waals surface area contributed by atoms with Gasteiger partial charge in [-0.25, -0.2) is 9.18 Å². The van der Waals surface area contributed by atoms with Crippen molar-refractivity contribution in [3.63, 3.8) is 0 Å². The van der Waals surface area contributed by atoms with E-state index >= 15 is 0 Å². The van der Waals surface area contributed by atoms with E-state index in [4.69, 9.17) is 5.11 Å². The smallest absolute Gasteiger partial charge is 0.335 e. The molecule has 3 nitrogen and oxygen atoms in total. The largest absolute Gasteiger partial charge is 0.478 e. The molecule has 0 aliphatic carbocycles. The van der Waals surface area contributed by atoms with Crippen LogP contribution >= 0.6 is 0 Å². The Morgan fingerprint density at radius 1 is 1.14 bits per heavy atom. The maximum atomic E-state index is 13.5. The molecule has 1 heterocycles. The molecule has 0 unspecified atom stereocenters. The molecule has 1 N–H and O–H groups in total. The number of hydrogen-bond acceptors (Lipinski definition) is 2. The summed E-state index contributed by atoms with van der Waals surface area (Å²) in [6.07, 6.45) is 0.600. The topological polar surface area (TPSA) is 50.2 Å². The SMILES string of the molecule is Cc1cc(Cc2ccc(C(=O)O)cc2)c2cc(F)ccc2n1. The monoisotopic (exact) mass is 295 g/mol. The summed E-state index contributed by atoms with van der Waals surface area (Å²) >= 11 is 0. The third-order valence-electron chi connectivity index (χ3n) is 3.58. The Balaban J connectivity index is 2.02. The minimum Gasteiger partial charge on any atom is -0.478 e. The minimum atomic E-state index is -0.946. The number of aromatic carboxylic acids is 1. The highest BCUT2D eigenvalue weighted by Gasteiger charge is 2.08. The molecule has 3 aromatic rings. The van der Waals surface area contributed by atoms with E-state index in [1.807, 2.05) is 13.0 Å². The molecular weight excluding hydrogens is 281 g/mol. The highest BCUT2D eigenvalue weighted by atomic mass is 19.1. The highest BCUT2D eigenvalue weighted by molar-refractivity contribution is 5.87. The van der Waals surface area contributed by atoms with Crippen LogP contribution in [0.3, 0.4) is 0 Å².